The van der Waals surface area contributed by atoms with Crippen molar-refractivity contribution in [1.29, 1.82) is 0 Å². The van der Waals surface area contributed by atoms with Crippen LogP contribution >= 0.6 is 0 Å². The molecule has 1 fully saturated rings. The highest BCUT2D eigenvalue weighted by atomic mass is 19.1. The lowest BCUT2D eigenvalue weighted by molar-refractivity contribution is 0.0270. The molecular formula is C19H24FN3O3. The third-order valence-electron chi connectivity index (χ3n) is 4.20. The largest absolute Gasteiger partial charge is 0.444 e. The summed E-state index contributed by atoms with van der Waals surface area (Å²) in [6, 6.07) is 3.32. The first-order valence-electron chi connectivity index (χ1n) is 8.88. The van der Waals surface area contributed by atoms with Crippen LogP contribution in [-0.4, -0.2) is 46.6 Å². The molecule has 1 aromatic heterocycles. The summed E-state index contributed by atoms with van der Waals surface area (Å²) < 4.78 is 19.7. The van der Waals surface area contributed by atoms with E-state index in [1.54, 1.807) is 17.0 Å². The molecule has 2 amide bonds. The van der Waals surface area contributed by atoms with Crippen molar-refractivity contribution in [3.8, 4) is 0 Å². The minimum Gasteiger partial charge on any atom is -0.444 e. The van der Waals surface area contributed by atoms with E-state index in [1.807, 2.05) is 20.8 Å². The van der Waals surface area contributed by atoms with Crippen molar-refractivity contribution >= 4 is 17.6 Å². The molecule has 140 valence electrons. The molecule has 1 saturated carbocycles. The fourth-order valence-corrected chi connectivity index (χ4v) is 2.69. The minimum atomic E-state index is -0.662. The first kappa shape index (κ1) is 18.4. The van der Waals surface area contributed by atoms with Crippen molar-refractivity contribution in [3.63, 3.8) is 0 Å². The van der Waals surface area contributed by atoms with Gasteiger partial charge in [-0.15, -0.1) is 0 Å². The van der Waals surface area contributed by atoms with E-state index < -0.39 is 11.5 Å². The normalized spacial score (nSPS) is 17.5. The molecule has 0 saturated heterocycles. The van der Waals surface area contributed by atoms with Crippen LogP contribution in [0.1, 0.15) is 56.1 Å². The van der Waals surface area contributed by atoms with Gasteiger partial charge in [-0.3, -0.25) is 4.79 Å². The molecule has 0 spiro atoms. The zero-order valence-corrected chi connectivity index (χ0v) is 15.3. The van der Waals surface area contributed by atoms with E-state index in [-0.39, 0.29) is 23.7 Å². The van der Waals surface area contributed by atoms with Crippen molar-refractivity contribution in [2.24, 2.45) is 0 Å². The standard InChI is InChI=1S/C19H24FN3O3/c1-19(2,3)26-18(25)23-10-8-12(9-11-23)14-6-7-15(22-16(14)20)17(24)21-13-4-5-13/h6-8,13H,4-5,9-11H2,1-3H3,(H,21,24). The number of rotatable bonds is 3. The van der Waals surface area contributed by atoms with Gasteiger partial charge in [0.1, 0.15) is 11.3 Å². The van der Waals surface area contributed by atoms with Crippen LogP contribution in [0.2, 0.25) is 0 Å². The summed E-state index contributed by atoms with van der Waals surface area (Å²) in [6.45, 7) is 6.26. The Morgan fingerprint density at radius 1 is 1.31 bits per heavy atom. The van der Waals surface area contributed by atoms with Gasteiger partial charge in [-0.05, 0) is 57.7 Å². The third kappa shape index (κ3) is 4.59. The molecule has 1 aromatic rings. The molecule has 0 aromatic carbocycles. The Bertz CT molecular complexity index is 751. The second-order valence-electron chi connectivity index (χ2n) is 7.69. The van der Waals surface area contributed by atoms with E-state index in [0.29, 0.717) is 25.1 Å². The second kappa shape index (κ2) is 7.05. The maximum atomic E-state index is 14.4. The van der Waals surface area contributed by atoms with Gasteiger partial charge in [0.15, 0.2) is 0 Å². The van der Waals surface area contributed by atoms with Crippen LogP contribution in [0.5, 0.6) is 0 Å². The Labute approximate surface area is 152 Å². The summed E-state index contributed by atoms with van der Waals surface area (Å²) in [6.07, 6.45) is 3.86. The highest BCUT2D eigenvalue weighted by Crippen LogP contribution is 2.25. The Kier molecular flexibility index (Phi) is 4.98. The number of carbonyl (C=O) groups is 2. The summed E-state index contributed by atoms with van der Waals surface area (Å²) in [5, 5.41) is 2.79. The average molecular weight is 361 g/mol. The summed E-state index contributed by atoms with van der Waals surface area (Å²) in [5.41, 5.74) is 0.694. The topological polar surface area (TPSA) is 71.5 Å². The third-order valence-corrected chi connectivity index (χ3v) is 4.20. The Hall–Kier alpha value is -2.44. The average Bonchev–Trinajstić information content (AvgIpc) is 3.37. The molecule has 0 atom stereocenters. The molecule has 0 bridgehead atoms. The Morgan fingerprint density at radius 2 is 2.04 bits per heavy atom. The number of ether oxygens (including phenoxy) is 1. The number of hydrogen-bond donors (Lipinski definition) is 1. The molecule has 3 rings (SSSR count). The molecule has 6 nitrogen and oxygen atoms in total. The lowest BCUT2D eigenvalue weighted by Crippen LogP contribution is -2.39. The summed E-state index contributed by atoms with van der Waals surface area (Å²) in [7, 11) is 0. The maximum Gasteiger partial charge on any atom is 0.410 e. The van der Waals surface area contributed by atoms with E-state index in [2.05, 4.69) is 10.3 Å². The van der Waals surface area contributed by atoms with Crippen LogP contribution in [-0.2, 0) is 4.74 Å². The Balaban J connectivity index is 1.66. The zero-order chi connectivity index (χ0) is 18.9. The Morgan fingerprint density at radius 3 is 2.58 bits per heavy atom. The van der Waals surface area contributed by atoms with Crippen molar-refractivity contribution in [2.45, 2.75) is 51.7 Å². The number of amides is 2. The van der Waals surface area contributed by atoms with Gasteiger partial charge in [-0.1, -0.05) is 6.08 Å². The molecule has 0 radical (unpaired) electrons. The van der Waals surface area contributed by atoms with Crippen LogP contribution in [0.4, 0.5) is 9.18 Å². The van der Waals surface area contributed by atoms with E-state index in [0.717, 1.165) is 18.4 Å². The molecule has 0 unspecified atom stereocenters. The lowest BCUT2D eigenvalue weighted by atomic mass is 10.0. The second-order valence-corrected chi connectivity index (χ2v) is 7.69. The van der Waals surface area contributed by atoms with Crippen LogP contribution in [0.3, 0.4) is 0 Å². The molecule has 2 heterocycles. The smallest absolute Gasteiger partial charge is 0.410 e. The number of aromatic nitrogens is 1. The molecule has 1 aliphatic heterocycles. The number of halogens is 1. The summed E-state index contributed by atoms with van der Waals surface area (Å²) in [5.74, 6) is -1.00. The van der Waals surface area contributed by atoms with E-state index in [9.17, 15) is 14.0 Å². The van der Waals surface area contributed by atoms with Gasteiger partial charge in [-0.2, -0.15) is 4.39 Å². The van der Waals surface area contributed by atoms with Crippen molar-refractivity contribution < 1.29 is 18.7 Å². The lowest BCUT2D eigenvalue weighted by Gasteiger charge is -2.29. The molecule has 26 heavy (non-hydrogen) atoms. The van der Waals surface area contributed by atoms with Gasteiger partial charge < -0.3 is 15.0 Å². The first-order chi connectivity index (χ1) is 12.2. The summed E-state index contributed by atoms with van der Waals surface area (Å²) >= 11 is 0. The number of hydrogen-bond acceptors (Lipinski definition) is 4. The molecular weight excluding hydrogens is 337 g/mol. The number of nitrogens with one attached hydrogen (secondary N) is 1. The van der Waals surface area contributed by atoms with Gasteiger partial charge in [-0.25, -0.2) is 9.78 Å². The van der Waals surface area contributed by atoms with Crippen LogP contribution in [0, 0.1) is 5.95 Å². The van der Waals surface area contributed by atoms with Gasteiger partial charge in [0.25, 0.3) is 5.91 Å². The SMILES string of the molecule is CC(C)(C)OC(=O)N1CC=C(c2ccc(C(=O)NC3CC3)nc2F)CC1. The van der Waals surface area contributed by atoms with Gasteiger partial charge in [0, 0.05) is 24.7 Å². The maximum absolute atomic E-state index is 14.4. The fraction of sp³-hybridized carbons (Fsp3) is 0.526. The predicted octanol–water partition coefficient (Wildman–Crippen LogP) is 3.14. The number of pyridine rings is 1. The van der Waals surface area contributed by atoms with E-state index >= 15 is 0 Å². The van der Waals surface area contributed by atoms with Crippen LogP contribution in [0.15, 0.2) is 18.2 Å². The fourth-order valence-electron chi connectivity index (χ4n) is 2.69. The predicted molar refractivity (Wildman–Crippen MR) is 95.1 cm³/mol. The molecule has 1 aliphatic carbocycles. The molecule has 7 heteroatoms. The number of carbonyl (C=O) groups excluding carboxylic acids is 2. The van der Waals surface area contributed by atoms with Crippen molar-refractivity contribution in [1.82, 2.24) is 15.2 Å². The monoisotopic (exact) mass is 361 g/mol. The molecule has 1 N–H and O–H groups in total. The van der Waals surface area contributed by atoms with Crippen LogP contribution < -0.4 is 5.32 Å². The van der Waals surface area contributed by atoms with E-state index in [4.69, 9.17) is 4.74 Å². The molecule has 2 aliphatic rings. The van der Waals surface area contributed by atoms with E-state index in [1.165, 1.54) is 6.07 Å². The van der Waals surface area contributed by atoms with Crippen molar-refractivity contribution in [2.75, 3.05) is 13.1 Å². The number of nitrogens with zero attached hydrogens (tertiary/aromatic N) is 2. The van der Waals surface area contributed by atoms with Crippen LogP contribution in [0.25, 0.3) is 5.57 Å². The van der Waals surface area contributed by atoms with Gasteiger partial charge in [0.2, 0.25) is 5.95 Å². The zero-order valence-electron chi connectivity index (χ0n) is 15.3. The quantitative estimate of drug-likeness (QED) is 0.840. The minimum absolute atomic E-state index is 0.0879. The summed E-state index contributed by atoms with van der Waals surface area (Å²) in [4.78, 5) is 29.4. The first-order valence-corrected chi connectivity index (χ1v) is 8.88. The highest BCUT2D eigenvalue weighted by molar-refractivity contribution is 5.92. The highest BCUT2D eigenvalue weighted by Gasteiger charge is 2.26. The van der Waals surface area contributed by atoms with Gasteiger partial charge >= 0.3 is 6.09 Å². The van der Waals surface area contributed by atoms with Gasteiger partial charge in [0.05, 0.1) is 0 Å². The van der Waals surface area contributed by atoms with Crippen molar-refractivity contribution in [3.05, 3.63) is 35.4 Å².